The summed E-state index contributed by atoms with van der Waals surface area (Å²) in [7, 11) is 0. The van der Waals surface area contributed by atoms with E-state index in [0.29, 0.717) is 5.56 Å². The van der Waals surface area contributed by atoms with Crippen LogP contribution in [0.3, 0.4) is 0 Å². The van der Waals surface area contributed by atoms with Gasteiger partial charge in [-0.1, -0.05) is 35.9 Å². The number of fused-ring (bicyclic) bond motifs is 3. The fourth-order valence-corrected chi connectivity index (χ4v) is 4.98. The molecule has 3 fully saturated rings. The fraction of sp³-hybridized carbons (Fsp3) is 0.429. The van der Waals surface area contributed by atoms with Gasteiger partial charge in [0.2, 0.25) is 5.82 Å². The number of hydrogen-bond acceptors (Lipinski definition) is 1. The Balaban J connectivity index is 1.83. The van der Waals surface area contributed by atoms with E-state index in [9.17, 15) is 13.9 Å². The molecule has 1 nitrogen and oxygen atoms in total. The summed E-state index contributed by atoms with van der Waals surface area (Å²) in [5.41, 5.74) is -2.56. The molecular formula is C21H19F5O. The molecule has 5 rings (SSSR count). The van der Waals surface area contributed by atoms with Crippen LogP contribution in [0.2, 0.25) is 0 Å². The lowest BCUT2D eigenvalue weighted by Crippen LogP contribution is -2.67. The number of aryl methyl sites for hydroxylation is 1. The van der Waals surface area contributed by atoms with E-state index in [2.05, 4.69) is 0 Å². The van der Waals surface area contributed by atoms with E-state index in [1.807, 2.05) is 6.92 Å². The van der Waals surface area contributed by atoms with Crippen LogP contribution >= 0.6 is 0 Å². The third-order valence-electron chi connectivity index (χ3n) is 6.64. The monoisotopic (exact) mass is 382 g/mol. The van der Waals surface area contributed by atoms with Gasteiger partial charge in [0.05, 0.1) is 5.41 Å². The van der Waals surface area contributed by atoms with E-state index in [-0.39, 0.29) is 25.7 Å². The van der Waals surface area contributed by atoms with Crippen molar-refractivity contribution < 1.29 is 27.1 Å². The first-order chi connectivity index (χ1) is 12.7. The Morgan fingerprint density at radius 1 is 0.889 bits per heavy atom. The normalized spacial score (nSPS) is 31.9. The first kappa shape index (κ1) is 18.3. The summed E-state index contributed by atoms with van der Waals surface area (Å²) in [6.07, 6.45) is -2.72. The smallest absolute Gasteiger partial charge is 0.288 e. The molecule has 0 heterocycles. The molecular weight excluding hydrogens is 363 g/mol. The van der Waals surface area contributed by atoms with Crippen molar-refractivity contribution in [3.8, 4) is 5.75 Å². The van der Waals surface area contributed by atoms with Gasteiger partial charge in [-0.25, -0.2) is 17.6 Å². The molecule has 0 aromatic heterocycles. The van der Waals surface area contributed by atoms with E-state index in [1.54, 1.807) is 24.3 Å². The van der Waals surface area contributed by atoms with Gasteiger partial charge in [-0.15, -0.1) is 0 Å². The number of alkyl halides is 3. The average molecular weight is 382 g/mol. The molecule has 144 valence electrons. The lowest BCUT2D eigenvalue weighted by molar-refractivity contribution is -0.215. The molecule has 0 radical (unpaired) electrons. The number of aromatic hydroxyl groups is 1. The van der Waals surface area contributed by atoms with Gasteiger partial charge in [0.1, 0.15) is 0 Å². The summed E-state index contributed by atoms with van der Waals surface area (Å²) < 4.78 is 74.3. The first-order valence-electron chi connectivity index (χ1n) is 8.92. The van der Waals surface area contributed by atoms with E-state index in [4.69, 9.17) is 0 Å². The second kappa shape index (κ2) is 5.69. The first-order valence-corrected chi connectivity index (χ1v) is 8.92. The number of phenolic OH excluding ortho intramolecular Hbond substituents is 1. The van der Waals surface area contributed by atoms with Crippen molar-refractivity contribution in [1.29, 1.82) is 0 Å². The van der Waals surface area contributed by atoms with Crippen LogP contribution in [0.1, 0.15) is 42.4 Å². The molecule has 1 unspecified atom stereocenters. The van der Waals surface area contributed by atoms with Gasteiger partial charge in [-0.2, -0.15) is 4.39 Å². The minimum Gasteiger partial charge on any atom is -0.505 e. The highest BCUT2D eigenvalue weighted by Gasteiger charge is 2.72. The van der Waals surface area contributed by atoms with Crippen LogP contribution < -0.4 is 0 Å². The highest BCUT2D eigenvalue weighted by atomic mass is 19.3. The minimum absolute atomic E-state index is 0.0151. The van der Waals surface area contributed by atoms with Crippen molar-refractivity contribution in [1.82, 2.24) is 0 Å². The summed E-state index contributed by atoms with van der Waals surface area (Å²) >= 11 is 0. The molecule has 0 amide bonds. The van der Waals surface area contributed by atoms with E-state index in [1.165, 1.54) is 0 Å². The van der Waals surface area contributed by atoms with Crippen LogP contribution in [0.25, 0.3) is 0 Å². The van der Waals surface area contributed by atoms with Crippen LogP contribution in [0.5, 0.6) is 5.75 Å². The molecule has 6 heteroatoms. The number of phenols is 1. The van der Waals surface area contributed by atoms with Gasteiger partial charge in [-0.05, 0) is 44.2 Å². The zero-order chi connectivity index (χ0) is 19.6. The highest BCUT2D eigenvalue weighted by Crippen LogP contribution is 2.66. The van der Waals surface area contributed by atoms with Crippen LogP contribution in [-0.4, -0.2) is 17.2 Å². The third-order valence-corrected chi connectivity index (χ3v) is 6.64. The maximum absolute atomic E-state index is 15.3. The molecule has 2 aromatic rings. The van der Waals surface area contributed by atoms with Gasteiger partial charge in [-0.3, -0.25) is 0 Å². The van der Waals surface area contributed by atoms with E-state index < -0.39 is 45.9 Å². The molecule has 1 N–H and O–H groups in total. The van der Waals surface area contributed by atoms with Crippen molar-refractivity contribution in [2.75, 3.05) is 0 Å². The maximum atomic E-state index is 15.3. The Bertz CT molecular complexity index is 882. The lowest BCUT2D eigenvalue weighted by Gasteiger charge is -2.59. The Hall–Kier alpha value is -2.11. The zero-order valence-electron chi connectivity index (χ0n) is 14.7. The van der Waals surface area contributed by atoms with Crippen LogP contribution in [0.4, 0.5) is 22.0 Å². The molecule has 3 aliphatic carbocycles. The summed E-state index contributed by atoms with van der Waals surface area (Å²) in [4.78, 5) is 0. The predicted molar refractivity (Wildman–Crippen MR) is 90.9 cm³/mol. The Morgan fingerprint density at radius 2 is 1.48 bits per heavy atom. The molecule has 3 aliphatic rings. The van der Waals surface area contributed by atoms with Crippen molar-refractivity contribution >= 4 is 0 Å². The van der Waals surface area contributed by atoms with Crippen LogP contribution in [-0.2, 0) is 10.8 Å². The maximum Gasteiger partial charge on any atom is 0.288 e. The standard InChI is InChI=1S/C21H19F5O/c1-12-2-4-13(5-3-12)20-10-8-19(9-11-20,18(24)21(20,25)26)14-6-7-15(27)17(23)16(14)22/h2-7,18,27H,8-11H2,1H3. The lowest BCUT2D eigenvalue weighted by atomic mass is 9.47. The fourth-order valence-electron chi connectivity index (χ4n) is 4.98. The van der Waals surface area contributed by atoms with Gasteiger partial charge in [0, 0.05) is 11.0 Å². The molecule has 3 saturated carbocycles. The predicted octanol–water partition coefficient (Wildman–Crippen LogP) is 5.72. The van der Waals surface area contributed by atoms with Crippen molar-refractivity contribution in [2.24, 2.45) is 0 Å². The summed E-state index contributed by atoms with van der Waals surface area (Å²) in [6, 6.07) is 8.58. The largest absolute Gasteiger partial charge is 0.505 e. The van der Waals surface area contributed by atoms with E-state index in [0.717, 1.165) is 17.7 Å². The van der Waals surface area contributed by atoms with Crippen LogP contribution in [0, 0.1) is 18.6 Å². The summed E-state index contributed by atoms with van der Waals surface area (Å²) in [6.45, 7) is 1.84. The molecule has 0 aliphatic heterocycles. The molecule has 27 heavy (non-hydrogen) atoms. The topological polar surface area (TPSA) is 20.2 Å². The average Bonchev–Trinajstić information content (AvgIpc) is 2.65. The molecule has 2 bridgehead atoms. The number of rotatable bonds is 2. The molecule has 2 aromatic carbocycles. The Kier molecular flexibility index (Phi) is 3.85. The minimum atomic E-state index is -3.72. The van der Waals surface area contributed by atoms with Crippen LogP contribution in [0.15, 0.2) is 36.4 Å². The quantitative estimate of drug-likeness (QED) is 0.659. The molecule has 1 atom stereocenters. The van der Waals surface area contributed by atoms with Gasteiger partial charge < -0.3 is 5.11 Å². The molecule has 0 spiro atoms. The summed E-state index contributed by atoms with van der Waals surface area (Å²) in [5.74, 6) is -7.62. The second-order valence-electron chi connectivity index (χ2n) is 7.85. The highest BCUT2D eigenvalue weighted by molar-refractivity contribution is 5.43. The van der Waals surface area contributed by atoms with Crippen molar-refractivity contribution in [3.05, 3.63) is 64.7 Å². The Morgan fingerprint density at radius 3 is 2.07 bits per heavy atom. The third kappa shape index (κ3) is 2.21. The van der Waals surface area contributed by atoms with Gasteiger partial charge >= 0.3 is 0 Å². The zero-order valence-corrected chi connectivity index (χ0v) is 14.7. The van der Waals surface area contributed by atoms with E-state index >= 15 is 13.2 Å². The van der Waals surface area contributed by atoms with Crippen molar-refractivity contribution in [2.45, 2.75) is 55.5 Å². The number of hydrogen-bond donors (Lipinski definition) is 1. The number of halogens is 5. The van der Waals surface area contributed by atoms with Gasteiger partial charge in [0.25, 0.3) is 5.92 Å². The SMILES string of the molecule is Cc1ccc(C23CCC(c4ccc(O)c(F)c4F)(CC2)C(F)C3(F)F)cc1. The Labute approximate surface area is 153 Å². The summed E-state index contributed by atoms with van der Waals surface area (Å²) in [5, 5.41) is 9.31. The second-order valence-corrected chi connectivity index (χ2v) is 7.85. The number of benzene rings is 2. The van der Waals surface area contributed by atoms with Gasteiger partial charge in [0.15, 0.2) is 17.7 Å². The van der Waals surface area contributed by atoms with Crippen molar-refractivity contribution in [3.63, 3.8) is 0 Å². The molecule has 0 saturated heterocycles.